The van der Waals surface area contributed by atoms with Crippen LogP contribution >= 0.6 is 7.82 Å². The van der Waals surface area contributed by atoms with Crippen LogP contribution < -0.4 is 0 Å². The summed E-state index contributed by atoms with van der Waals surface area (Å²) < 4.78 is 8.88. The van der Waals surface area contributed by atoms with Crippen molar-refractivity contribution in [2.75, 3.05) is 0 Å². The smallest absolute Gasteiger partial charge is 0.303 e. The fourth-order valence-electron chi connectivity index (χ4n) is 0. The number of hydrogen-bond donors (Lipinski definition) is 3. The van der Waals surface area contributed by atoms with Crippen LogP contribution in [-0.4, -0.2) is 32.0 Å². The van der Waals surface area contributed by atoms with E-state index < -0.39 is 7.82 Å². The molecule has 8 heteroatoms. The first kappa shape index (κ1) is 22.5. The number of hydrogen-bond acceptors (Lipinski definition) is 1. The average Bonchev–Trinajstić information content (AvgIpc) is 0.722. The maximum absolute atomic E-state index is 8.88. The van der Waals surface area contributed by atoms with E-state index in [1.807, 2.05) is 0 Å². The van der Waals surface area contributed by atoms with Crippen LogP contribution in [0.5, 0.6) is 0 Å². The van der Waals surface area contributed by atoms with Gasteiger partial charge < -0.3 is 14.7 Å². The topological polar surface area (TPSA) is 77.8 Å². The molecule has 0 aliphatic heterocycles. The quantitative estimate of drug-likeness (QED) is 0.352. The Kier molecular flexibility index (Phi) is 25.2. The zero-order chi connectivity index (χ0) is 4.50. The molecule has 0 aromatic carbocycles. The maximum atomic E-state index is 8.88. The second kappa shape index (κ2) is 8.95. The zero-order valence-electron chi connectivity index (χ0n) is 3.31. The maximum Gasteiger partial charge on any atom is 0.466 e. The van der Waals surface area contributed by atoms with E-state index in [4.69, 9.17) is 19.2 Å². The van der Waals surface area contributed by atoms with E-state index in [9.17, 15) is 0 Å². The molecule has 0 saturated heterocycles. The minimum atomic E-state index is -4.64. The van der Waals surface area contributed by atoms with Gasteiger partial charge in [0, 0.05) is 40.5 Å². The van der Waals surface area contributed by atoms with Crippen molar-refractivity contribution in [1.29, 1.82) is 0 Å². The van der Waals surface area contributed by atoms with Crippen molar-refractivity contribution in [3.05, 3.63) is 0 Å². The van der Waals surface area contributed by atoms with Crippen LogP contribution in [0.2, 0.25) is 0 Å². The molecule has 0 aromatic heterocycles. The van der Waals surface area contributed by atoms with Crippen LogP contribution in [0.1, 0.15) is 0 Å². The van der Waals surface area contributed by atoms with Crippen LogP contribution in [0.4, 0.5) is 0 Å². The van der Waals surface area contributed by atoms with Crippen LogP contribution in [0, 0.1) is 0 Å². The minimum absolute atomic E-state index is 0. The third-order valence-electron chi connectivity index (χ3n) is 0. The summed E-state index contributed by atoms with van der Waals surface area (Å²) in [6.07, 6.45) is 0. The van der Waals surface area contributed by atoms with Crippen molar-refractivity contribution in [1.82, 2.24) is 0 Å². The predicted octanol–water partition coefficient (Wildman–Crippen LogP) is -2.12. The van der Waals surface area contributed by atoms with E-state index in [1.165, 1.54) is 0 Å². The second-order valence-corrected chi connectivity index (χ2v) is 1.54. The van der Waals surface area contributed by atoms with E-state index in [1.54, 1.807) is 0 Å². The molecule has 0 spiro atoms. The monoisotopic (exact) mass is 290 g/mol. The van der Waals surface area contributed by atoms with Gasteiger partial charge in [0.2, 0.25) is 0 Å². The first-order valence-corrected chi connectivity index (χ1v) is 2.35. The van der Waals surface area contributed by atoms with Crippen molar-refractivity contribution in [2.45, 2.75) is 0 Å². The van der Waals surface area contributed by atoms with Gasteiger partial charge in [0.05, 0.1) is 0 Å². The third-order valence-corrected chi connectivity index (χ3v) is 0. The molecule has 0 saturated carbocycles. The Morgan fingerprint density at radius 1 is 1.12 bits per heavy atom. The standard InChI is InChI=1S/Al.Mo.H3O4P.Zn.3H/c;;1-5(2,3)4;;;;/h;;(H3,1,2,3,4);;;;. The molecule has 0 aliphatic rings. The molecule has 0 rings (SSSR count). The van der Waals surface area contributed by atoms with Gasteiger partial charge in [0.25, 0.3) is 0 Å². The summed E-state index contributed by atoms with van der Waals surface area (Å²) in [5.74, 6) is 0. The Bertz CT molecular complexity index is 62.2. The largest absolute Gasteiger partial charge is 0.466 e. The van der Waals surface area contributed by atoms with Gasteiger partial charge in [-0.15, -0.1) is 0 Å². The SMILES string of the molecule is O=P(O)(O)O.[AlH3].[Mo].[Zn]. The van der Waals surface area contributed by atoms with Gasteiger partial charge in [-0.3, -0.25) is 0 Å². The molecule has 46 valence electrons. The summed E-state index contributed by atoms with van der Waals surface area (Å²) in [7, 11) is -4.64. The summed E-state index contributed by atoms with van der Waals surface area (Å²) in [5, 5.41) is 0. The molecule has 0 aliphatic carbocycles. The molecular formula is H6AlMoO4PZn. The molecule has 0 heterocycles. The molecule has 8 heavy (non-hydrogen) atoms. The van der Waals surface area contributed by atoms with Crippen molar-refractivity contribution >= 4 is 25.2 Å². The zero-order valence-corrected chi connectivity index (χ0v) is 9.18. The van der Waals surface area contributed by atoms with Crippen LogP contribution in [0.25, 0.3) is 0 Å². The normalized spacial score (nSPS) is 7.38. The molecular weight excluding hydrogens is 283 g/mol. The van der Waals surface area contributed by atoms with Crippen LogP contribution in [-0.2, 0) is 45.1 Å². The van der Waals surface area contributed by atoms with Gasteiger partial charge in [0.15, 0.2) is 17.4 Å². The van der Waals surface area contributed by atoms with Gasteiger partial charge in [-0.25, -0.2) is 4.57 Å². The van der Waals surface area contributed by atoms with E-state index >= 15 is 0 Å². The Morgan fingerprint density at radius 2 is 1.12 bits per heavy atom. The molecule has 4 nitrogen and oxygen atoms in total. The summed E-state index contributed by atoms with van der Waals surface area (Å²) in [6, 6.07) is 0. The first-order valence-electron chi connectivity index (χ1n) is 0.783. The average molecular weight is 289 g/mol. The first-order chi connectivity index (χ1) is 2.00. The van der Waals surface area contributed by atoms with Gasteiger partial charge >= 0.3 is 7.82 Å². The second-order valence-electron chi connectivity index (χ2n) is 0.513. The fraction of sp³-hybridized carbons (Fsp3) is 0. The van der Waals surface area contributed by atoms with Crippen LogP contribution in [0.15, 0.2) is 0 Å². The predicted molar refractivity (Wildman–Crippen MR) is 24.2 cm³/mol. The molecule has 0 amide bonds. The molecule has 0 atom stereocenters. The number of phosphoric acid groups is 1. The summed E-state index contributed by atoms with van der Waals surface area (Å²) in [6.45, 7) is 0. The van der Waals surface area contributed by atoms with Crippen molar-refractivity contribution in [3.63, 3.8) is 0 Å². The summed E-state index contributed by atoms with van der Waals surface area (Å²) in [4.78, 5) is 21.6. The minimum Gasteiger partial charge on any atom is -0.303 e. The number of rotatable bonds is 0. The molecule has 3 N–H and O–H groups in total. The Hall–Kier alpha value is 1.95. The van der Waals surface area contributed by atoms with Gasteiger partial charge in [-0.1, -0.05) is 0 Å². The fourth-order valence-corrected chi connectivity index (χ4v) is 0. The molecule has 0 aromatic rings. The van der Waals surface area contributed by atoms with E-state index in [2.05, 4.69) is 0 Å². The molecule has 0 unspecified atom stereocenters. The van der Waals surface area contributed by atoms with Crippen molar-refractivity contribution in [2.24, 2.45) is 0 Å². The van der Waals surface area contributed by atoms with E-state index in [0.29, 0.717) is 0 Å². The van der Waals surface area contributed by atoms with Gasteiger partial charge in [-0.05, 0) is 0 Å². The molecule has 0 radical (unpaired) electrons. The summed E-state index contributed by atoms with van der Waals surface area (Å²) >= 11 is 0. The Morgan fingerprint density at radius 3 is 1.12 bits per heavy atom. The van der Waals surface area contributed by atoms with Crippen molar-refractivity contribution < 1.29 is 59.8 Å². The molecule has 0 bridgehead atoms. The Balaban J connectivity index is -0.0000000267. The van der Waals surface area contributed by atoms with Crippen molar-refractivity contribution in [3.8, 4) is 0 Å². The van der Waals surface area contributed by atoms with E-state index in [-0.39, 0.29) is 57.9 Å². The summed E-state index contributed by atoms with van der Waals surface area (Å²) in [5.41, 5.74) is 0. The van der Waals surface area contributed by atoms with Crippen LogP contribution in [0.3, 0.4) is 0 Å². The van der Waals surface area contributed by atoms with Gasteiger partial charge in [0.1, 0.15) is 0 Å². The van der Waals surface area contributed by atoms with E-state index in [0.717, 1.165) is 0 Å². The third kappa shape index (κ3) is 101. The Labute approximate surface area is 84.5 Å². The van der Waals surface area contributed by atoms with Gasteiger partial charge in [-0.2, -0.15) is 0 Å². The molecule has 0 fully saturated rings.